The molecule has 12 atom stereocenters. The number of ether oxygens (including phenoxy) is 8. The number of aliphatic hydroxyl groups is 1. The van der Waals surface area contributed by atoms with Crippen LogP contribution < -0.4 is 37.2 Å². The number of carbonyl (C=O) groups excluding carboxylic acids is 10. The Balaban J connectivity index is 0.628. The Hall–Kier alpha value is -9.22. The molecule has 28 nitrogen and oxygen atoms in total. The first-order valence-electron chi connectivity index (χ1n) is 36.9. The van der Waals surface area contributed by atoms with Crippen LogP contribution in [0.25, 0.3) is 0 Å². The van der Waals surface area contributed by atoms with Gasteiger partial charge in [0.05, 0.1) is 77.3 Å². The summed E-state index contributed by atoms with van der Waals surface area (Å²) in [7, 11) is 2.87. The topological polar surface area (TPSA) is 361 Å². The standard InChI is InChI=1S/C78H101F2N9O19/c1-7-13-69-107-65-44-58-59-43-60(79)56-42-55(90)25-26-57(56)77(59,80)63(91)45-76(58,4)78(65,108-69)64(92)48-106-75(100)88(6)33-32-87(5)74(99)105-47-50-19-23-54(24-20-50)84-71(96)61(17-12-30-83-73(81)98)85-72(97)70(49(2)3)86-67(94)29-34-101-36-38-103-40-41-104-39-37-102-35-31-82-66(93)27-28-68(95)89-46-53-16-9-8-14-51(53)21-22-52-15-10-11-18-62(52)89/h8-11,14-16,18-20,23-26,42,49,57-61,63,65,69-70,91H,7,12-13,17,27-41,43-48H2,1-6H3,(H,82,93)(H,84,96)(H,85,97)(H,86,94)(H3,81,83,98)/t57?,58-,59-,60-,61-,63-,65+,69?,70-,76-,77-,78+/m0/s1. The number of likely N-dealkylation sites (N-methyl/N-ethyl adjacent to an activating group) is 2. The summed E-state index contributed by atoms with van der Waals surface area (Å²) in [5, 5.41) is 25.3. The molecule has 108 heavy (non-hydrogen) atoms. The van der Waals surface area contributed by atoms with Crippen molar-refractivity contribution in [3.63, 3.8) is 0 Å². The van der Waals surface area contributed by atoms with Crippen molar-refractivity contribution in [3.05, 3.63) is 119 Å². The third-order valence-electron chi connectivity index (χ3n) is 20.8. The normalized spacial score (nSPS) is 24.0. The molecule has 586 valence electrons. The monoisotopic (exact) mass is 1510 g/mol. The zero-order valence-corrected chi connectivity index (χ0v) is 62.1. The van der Waals surface area contributed by atoms with Gasteiger partial charge in [-0.05, 0) is 110 Å². The zero-order valence-electron chi connectivity index (χ0n) is 62.1. The van der Waals surface area contributed by atoms with Crippen molar-refractivity contribution in [1.29, 1.82) is 0 Å². The van der Waals surface area contributed by atoms with E-state index in [1.807, 2.05) is 55.5 Å². The number of hydrogen-bond acceptors (Lipinski definition) is 19. The summed E-state index contributed by atoms with van der Waals surface area (Å²) < 4.78 is 79.7. The van der Waals surface area contributed by atoms with Gasteiger partial charge in [-0.2, -0.15) is 0 Å². The average molecular weight is 1510 g/mol. The summed E-state index contributed by atoms with van der Waals surface area (Å²) in [4.78, 5) is 136. The van der Waals surface area contributed by atoms with Crippen LogP contribution in [0.2, 0.25) is 0 Å². The van der Waals surface area contributed by atoms with Gasteiger partial charge < -0.3 is 90.0 Å². The number of hydrogen-bond donors (Lipinski definition) is 7. The van der Waals surface area contributed by atoms with E-state index in [-0.39, 0.29) is 141 Å². The lowest BCUT2D eigenvalue weighted by molar-refractivity contribution is -0.223. The van der Waals surface area contributed by atoms with Gasteiger partial charge >= 0.3 is 18.2 Å². The molecular weight excluding hydrogens is 1400 g/mol. The second kappa shape index (κ2) is 38.7. The van der Waals surface area contributed by atoms with E-state index in [9.17, 15) is 53.1 Å². The van der Waals surface area contributed by atoms with Crippen LogP contribution in [0.5, 0.6) is 0 Å². The number of urea groups is 1. The SMILES string of the molecule is CCCC1O[C@@H]2C[C@H]3[C@@H]4C[C@H](F)C5=CC(=O)C=CC5[C@@]4(F)[C@@H](O)C[C@]3(C)[C@]2(C(=O)COC(=O)N(C)CCN(C)C(=O)OCc2ccc(NC(=O)[C@H](CCCNC(N)=O)NC(=O)[C@@H](NC(=O)CCOCCOCCOCCOCCNC(=O)CCC(=O)N3Cc4ccccc4C#Cc4ccccc43)C(C)C)cc2)O1. The molecule has 2 aliphatic heterocycles. The van der Waals surface area contributed by atoms with Crippen molar-refractivity contribution >= 4 is 70.7 Å². The number of nitrogens with two attached hydrogens (primary N) is 1. The second-order valence-corrected chi connectivity index (χ2v) is 28.5. The van der Waals surface area contributed by atoms with Gasteiger partial charge in [0.15, 0.2) is 24.3 Å². The first kappa shape index (κ1) is 82.8. The lowest BCUT2D eigenvalue weighted by Gasteiger charge is -2.59. The molecule has 0 aromatic heterocycles. The van der Waals surface area contributed by atoms with Gasteiger partial charge in [0.25, 0.3) is 0 Å². The first-order valence-corrected chi connectivity index (χ1v) is 36.9. The van der Waals surface area contributed by atoms with Gasteiger partial charge in [-0.3, -0.25) is 33.6 Å². The Bertz CT molecular complexity index is 3830. The van der Waals surface area contributed by atoms with Crippen molar-refractivity contribution in [1.82, 2.24) is 31.1 Å². The minimum Gasteiger partial charge on any atom is -0.445 e. The molecule has 9 amide bonds. The van der Waals surface area contributed by atoms with Crippen LogP contribution in [0.15, 0.2) is 96.6 Å². The van der Waals surface area contributed by atoms with Gasteiger partial charge in [-0.15, -0.1) is 0 Å². The summed E-state index contributed by atoms with van der Waals surface area (Å²) in [6.45, 7) is 8.66. The fourth-order valence-corrected chi connectivity index (χ4v) is 15.1. The molecule has 2 unspecified atom stereocenters. The Morgan fingerprint density at radius 3 is 2.09 bits per heavy atom. The predicted octanol–water partition coefficient (Wildman–Crippen LogP) is 6.02. The van der Waals surface area contributed by atoms with Crippen LogP contribution in [-0.4, -0.2) is 222 Å². The highest BCUT2D eigenvalue weighted by Crippen LogP contribution is 2.70. The molecule has 0 radical (unpaired) electrons. The highest BCUT2D eigenvalue weighted by molar-refractivity contribution is 6.01. The number of carbonyl (C=O) groups is 10. The summed E-state index contributed by atoms with van der Waals surface area (Å²) in [6.07, 6.45) is -2.18. The summed E-state index contributed by atoms with van der Waals surface area (Å²) >= 11 is 0. The number of amides is 9. The maximum absolute atomic E-state index is 17.6. The van der Waals surface area contributed by atoms with E-state index in [2.05, 4.69) is 38.4 Å². The fraction of sp³-hybridized carbons (Fsp3) is 0.564. The van der Waals surface area contributed by atoms with E-state index in [4.69, 9.17) is 43.6 Å². The van der Waals surface area contributed by atoms with Crippen molar-refractivity contribution in [2.75, 3.05) is 110 Å². The van der Waals surface area contributed by atoms with E-state index in [0.717, 1.165) is 27.7 Å². The number of primary amides is 1. The molecule has 0 bridgehead atoms. The van der Waals surface area contributed by atoms with E-state index in [1.54, 1.807) is 49.9 Å². The molecule has 1 saturated heterocycles. The number of fused-ring (bicyclic) bond motifs is 9. The number of Topliss-reactive ketones (excluding diaryl/α,β-unsaturated/α-hetero) is 1. The van der Waals surface area contributed by atoms with Gasteiger partial charge in [0.1, 0.15) is 30.5 Å². The number of para-hydroxylation sites is 1. The maximum atomic E-state index is 17.6. The molecule has 3 aromatic carbocycles. The number of nitrogens with one attached hydrogen (secondary N) is 5. The van der Waals surface area contributed by atoms with Crippen LogP contribution in [-0.2, 0) is 84.6 Å². The molecule has 3 aromatic rings. The number of allylic oxidation sites excluding steroid dienone is 4. The van der Waals surface area contributed by atoms with Crippen LogP contribution >= 0.6 is 0 Å². The van der Waals surface area contributed by atoms with Gasteiger partial charge in [0, 0.05) is 93.6 Å². The van der Waals surface area contributed by atoms with E-state index < -0.39 is 131 Å². The Labute approximate surface area is 627 Å². The fourth-order valence-electron chi connectivity index (χ4n) is 15.1. The predicted molar refractivity (Wildman–Crippen MR) is 389 cm³/mol. The Morgan fingerprint density at radius 1 is 0.759 bits per heavy atom. The minimum absolute atomic E-state index is 0.0100. The van der Waals surface area contributed by atoms with E-state index in [1.165, 1.54) is 31.1 Å². The molecule has 6 aliphatic rings. The molecule has 3 saturated carbocycles. The lowest BCUT2D eigenvalue weighted by atomic mass is 9.48. The third kappa shape index (κ3) is 20.6. The van der Waals surface area contributed by atoms with Crippen molar-refractivity contribution < 1.29 is 99.7 Å². The molecule has 4 aliphatic carbocycles. The highest BCUT2D eigenvalue weighted by atomic mass is 19.1. The second-order valence-electron chi connectivity index (χ2n) is 28.5. The molecule has 4 fully saturated rings. The van der Waals surface area contributed by atoms with Crippen LogP contribution in [0.1, 0.15) is 114 Å². The van der Waals surface area contributed by atoms with Crippen LogP contribution in [0.3, 0.4) is 0 Å². The molecule has 0 spiro atoms. The van der Waals surface area contributed by atoms with Crippen molar-refractivity contribution in [2.24, 2.45) is 34.8 Å². The smallest absolute Gasteiger partial charge is 0.409 e. The van der Waals surface area contributed by atoms with E-state index >= 15 is 8.78 Å². The average Bonchev–Trinajstić information content (AvgIpc) is 1.48. The number of anilines is 2. The third-order valence-corrected chi connectivity index (χ3v) is 20.8. The Morgan fingerprint density at radius 2 is 1.41 bits per heavy atom. The van der Waals surface area contributed by atoms with Crippen molar-refractivity contribution in [3.8, 4) is 11.8 Å². The highest BCUT2D eigenvalue weighted by Gasteiger charge is 2.78. The van der Waals surface area contributed by atoms with E-state index in [0.29, 0.717) is 49.5 Å². The molecule has 30 heteroatoms. The first-order chi connectivity index (χ1) is 51.8. The number of ketones is 2. The quantitative estimate of drug-likeness (QED) is 0.0254. The van der Waals surface area contributed by atoms with Crippen LogP contribution in [0.4, 0.5) is 34.5 Å². The zero-order chi connectivity index (χ0) is 77.7. The minimum atomic E-state index is -2.34. The van der Waals surface area contributed by atoms with Crippen molar-refractivity contribution in [2.45, 2.75) is 153 Å². The summed E-state index contributed by atoms with van der Waals surface area (Å²) in [5.74, 6) is -0.202. The number of alkyl halides is 2. The Kier molecular flexibility index (Phi) is 29.7. The number of halogens is 2. The van der Waals surface area contributed by atoms with Crippen LogP contribution in [0, 0.1) is 40.9 Å². The van der Waals surface area contributed by atoms with Gasteiger partial charge in [-0.1, -0.05) is 94.5 Å². The maximum Gasteiger partial charge on any atom is 0.409 e. The number of rotatable bonds is 38. The molecular formula is C78H101F2N9O19. The summed E-state index contributed by atoms with van der Waals surface area (Å²) in [5.41, 5.74) is 3.97. The molecule has 9 rings (SSSR count). The molecule has 8 N–H and O–H groups in total. The lowest BCUT2D eigenvalue weighted by Crippen LogP contribution is -2.68. The van der Waals surface area contributed by atoms with Gasteiger partial charge in [0.2, 0.25) is 35.3 Å². The number of nitrogens with zero attached hydrogens (tertiary/aromatic N) is 3. The number of aliphatic hydroxyl groups excluding tert-OH is 1. The van der Waals surface area contributed by atoms with Gasteiger partial charge in [-0.25, -0.2) is 23.2 Å². The molecule has 2 heterocycles. The summed E-state index contributed by atoms with van der Waals surface area (Å²) in [6, 6.07) is 18.6. The number of benzene rings is 3. The largest absolute Gasteiger partial charge is 0.445 e.